The third kappa shape index (κ3) is 4.46. The molecule has 0 fully saturated rings. The largest absolute Gasteiger partial charge is 0.360 e. The Morgan fingerprint density at radius 2 is 1.95 bits per heavy atom. The number of allylic oxidation sites excluding steroid dienone is 1. The number of amides is 1. The van der Waals surface area contributed by atoms with Crippen LogP contribution in [-0.4, -0.2) is 17.2 Å². The molecular weight excluding hydrogens is 294 g/mol. The van der Waals surface area contributed by atoms with Crippen molar-refractivity contribution in [2.45, 2.75) is 31.7 Å². The minimum absolute atomic E-state index is 0.0248. The van der Waals surface area contributed by atoms with E-state index in [4.69, 9.17) is 0 Å². The number of carbonyl (C=O) groups excluding carboxylic acids is 1. The molecule has 1 aliphatic rings. The lowest BCUT2D eigenvalue weighted by Crippen LogP contribution is -2.46. The van der Waals surface area contributed by atoms with Gasteiger partial charge >= 0.3 is 0 Å². The lowest BCUT2D eigenvalue weighted by molar-refractivity contribution is -0.117. The molecule has 2 N–H and O–H groups in total. The number of hydrogen-bond donors (Lipinski definition) is 2. The number of benzene rings is 1. The van der Waals surface area contributed by atoms with Crippen molar-refractivity contribution >= 4 is 17.7 Å². The van der Waals surface area contributed by atoms with Crippen LogP contribution < -0.4 is 10.6 Å². The first kappa shape index (κ1) is 15.8. The Balaban J connectivity index is 2.04. The summed E-state index contributed by atoms with van der Waals surface area (Å²) in [4.78, 5) is 11.6. The first-order valence-electron chi connectivity index (χ1n) is 6.92. The van der Waals surface area contributed by atoms with E-state index in [9.17, 15) is 13.6 Å². The van der Waals surface area contributed by atoms with Crippen LogP contribution in [0.3, 0.4) is 0 Å². The second-order valence-electron chi connectivity index (χ2n) is 4.80. The number of carbonyl (C=O) groups is 1. The van der Waals surface area contributed by atoms with Gasteiger partial charge in [0, 0.05) is 23.8 Å². The first-order valence-corrected chi connectivity index (χ1v) is 7.97. The van der Waals surface area contributed by atoms with E-state index in [1.807, 2.05) is 0 Å². The van der Waals surface area contributed by atoms with Crippen molar-refractivity contribution in [2.24, 2.45) is 0 Å². The SMILES string of the molecule is CCCCSC1NC(=O)C=C(Cc2c(F)cccc2F)N1. The van der Waals surface area contributed by atoms with Crippen molar-refractivity contribution in [2.75, 3.05) is 5.75 Å². The molecule has 6 heteroatoms. The molecule has 114 valence electrons. The van der Waals surface area contributed by atoms with Gasteiger partial charge in [0.2, 0.25) is 5.91 Å². The van der Waals surface area contributed by atoms with Gasteiger partial charge in [0.1, 0.15) is 17.1 Å². The fourth-order valence-corrected chi connectivity index (χ4v) is 3.12. The Hall–Kier alpha value is -1.56. The molecule has 1 unspecified atom stereocenters. The Labute approximate surface area is 127 Å². The molecule has 2 rings (SSSR count). The summed E-state index contributed by atoms with van der Waals surface area (Å²) in [5.74, 6) is -0.525. The Morgan fingerprint density at radius 3 is 2.62 bits per heavy atom. The predicted molar refractivity (Wildman–Crippen MR) is 80.6 cm³/mol. The van der Waals surface area contributed by atoms with Crippen LogP contribution in [0.25, 0.3) is 0 Å². The topological polar surface area (TPSA) is 41.1 Å². The van der Waals surface area contributed by atoms with Crippen molar-refractivity contribution in [3.8, 4) is 0 Å². The van der Waals surface area contributed by atoms with E-state index in [0.29, 0.717) is 5.70 Å². The number of hydrogen-bond acceptors (Lipinski definition) is 3. The van der Waals surface area contributed by atoms with E-state index in [0.717, 1.165) is 18.6 Å². The molecule has 21 heavy (non-hydrogen) atoms. The zero-order chi connectivity index (χ0) is 15.2. The second-order valence-corrected chi connectivity index (χ2v) is 6.02. The Kier molecular flexibility index (Phi) is 5.61. The van der Waals surface area contributed by atoms with Gasteiger partial charge in [-0.2, -0.15) is 0 Å². The fourth-order valence-electron chi connectivity index (χ4n) is 2.00. The van der Waals surface area contributed by atoms with Crippen LogP contribution in [0.4, 0.5) is 8.78 Å². The van der Waals surface area contributed by atoms with Gasteiger partial charge in [-0.1, -0.05) is 19.4 Å². The Bertz CT molecular complexity index is 528. The van der Waals surface area contributed by atoms with E-state index in [1.54, 1.807) is 11.8 Å². The van der Waals surface area contributed by atoms with Crippen molar-refractivity contribution in [3.05, 3.63) is 47.2 Å². The highest BCUT2D eigenvalue weighted by Crippen LogP contribution is 2.19. The molecule has 1 atom stereocenters. The number of unbranched alkanes of at least 4 members (excludes halogenated alkanes) is 1. The number of rotatable bonds is 6. The maximum atomic E-state index is 13.6. The highest BCUT2D eigenvalue weighted by atomic mass is 32.2. The molecule has 1 heterocycles. The summed E-state index contributed by atoms with van der Waals surface area (Å²) in [6.45, 7) is 2.10. The van der Waals surface area contributed by atoms with E-state index in [1.165, 1.54) is 24.3 Å². The van der Waals surface area contributed by atoms with Gasteiger partial charge in [0.05, 0.1) is 0 Å². The molecule has 0 spiro atoms. The van der Waals surface area contributed by atoms with Gasteiger partial charge in [-0.05, 0) is 24.3 Å². The highest BCUT2D eigenvalue weighted by molar-refractivity contribution is 7.99. The first-order chi connectivity index (χ1) is 10.1. The minimum Gasteiger partial charge on any atom is -0.360 e. The minimum atomic E-state index is -0.598. The fraction of sp³-hybridized carbons (Fsp3) is 0.400. The molecule has 3 nitrogen and oxygen atoms in total. The average Bonchev–Trinajstić information content (AvgIpc) is 2.43. The molecule has 1 amide bonds. The zero-order valence-corrected chi connectivity index (χ0v) is 12.6. The molecule has 1 aromatic rings. The zero-order valence-electron chi connectivity index (χ0n) is 11.8. The van der Waals surface area contributed by atoms with Crippen molar-refractivity contribution in [3.63, 3.8) is 0 Å². The van der Waals surface area contributed by atoms with Crippen LogP contribution in [0.15, 0.2) is 30.0 Å². The van der Waals surface area contributed by atoms with Crippen LogP contribution >= 0.6 is 11.8 Å². The summed E-state index contributed by atoms with van der Waals surface area (Å²) in [5.41, 5.74) is 0.249. The molecule has 0 radical (unpaired) electrons. The van der Waals surface area contributed by atoms with Gasteiger partial charge in [-0.15, -0.1) is 11.8 Å². The van der Waals surface area contributed by atoms with Crippen LogP contribution in [0.2, 0.25) is 0 Å². The van der Waals surface area contributed by atoms with Gasteiger partial charge in [-0.25, -0.2) is 8.78 Å². The highest BCUT2D eigenvalue weighted by Gasteiger charge is 2.20. The summed E-state index contributed by atoms with van der Waals surface area (Å²) in [7, 11) is 0. The van der Waals surface area contributed by atoms with Gasteiger partial charge in [0.15, 0.2) is 0 Å². The van der Waals surface area contributed by atoms with E-state index < -0.39 is 11.6 Å². The molecule has 1 aliphatic heterocycles. The monoisotopic (exact) mass is 312 g/mol. The normalized spacial score (nSPS) is 18.0. The maximum absolute atomic E-state index is 13.6. The van der Waals surface area contributed by atoms with Crippen molar-refractivity contribution in [1.82, 2.24) is 10.6 Å². The standard InChI is InChI=1S/C15H18F2N2OS/c1-2-3-7-21-15-18-10(9-14(20)19-15)8-11-12(16)5-4-6-13(11)17/h4-6,9,15,18H,2-3,7-8H2,1H3,(H,19,20). The van der Waals surface area contributed by atoms with Crippen LogP contribution in [0.1, 0.15) is 25.3 Å². The van der Waals surface area contributed by atoms with Crippen molar-refractivity contribution in [1.29, 1.82) is 0 Å². The summed E-state index contributed by atoms with van der Waals surface area (Å²) in [6.07, 6.45) is 3.52. The average molecular weight is 312 g/mol. The number of thioether (sulfide) groups is 1. The van der Waals surface area contributed by atoms with Gasteiger partial charge in [0.25, 0.3) is 0 Å². The third-order valence-electron chi connectivity index (χ3n) is 3.11. The predicted octanol–water partition coefficient (Wildman–Crippen LogP) is 2.93. The van der Waals surface area contributed by atoms with Crippen LogP contribution in [0.5, 0.6) is 0 Å². The molecule has 1 aromatic carbocycles. The van der Waals surface area contributed by atoms with E-state index in [-0.39, 0.29) is 23.4 Å². The molecule has 0 saturated heterocycles. The van der Waals surface area contributed by atoms with Crippen molar-refractivity contribution < 1.29 is 13.6 Å². The van der Waals surface area contributed by atoms with E-state index >= 15 is 0 Å². The van der Waals surface area contributed by atoms with Crippen LogP contribution in [-0.2, 0) is 11.2 Å². The summed E-state index contributed by atoms with van der Waals surface area (Å²) in [6, 6.07) is 3.76. The Morgan fingerprint density at radius 1 is 1.24 bits per heavy atom. The van der Waals surface area contributed by atoms with Gasteiger partial charge < -0.3 is 10.6 Å². The molecule has 0 aromatic heterocycles. The maximum Gasteiger partial charge on any atom is 0.247 e. The molecule has 0 aliphatic carbocycles. The summed E-state index contributed by atoms with van der Waals surface area (Å²) < 4.78 is 27.3. The van der Waals surface area contributed by atoms with Gasteiger partial charge in [-0.3, -0.25) is 4.79 Å². The third-order valence-corrected chi connectivity index (χ3v) is 4.20. The lowest BCUT2D eigenvalue weighted by atomic mass is 10.1. The van der Waals surface area contributed by atoms with E-state index in [2.05, 4.69) is 17.6 Å². The summed E-state index contributed by atoms with van der Waals surface area (Å²) >= 11 is 1.58. The molecule has 0 bridgehead atoms. The molecular formula is C15H18F2N2OS. The number of halogens is 2. The molecule has 0 saturated carbocycles. The smallest absolute Gasteiger partial charge is 0.247 e. The quantitative estimate of drug-likeness (QED) is 0.794. The number of nitrogens with one attached hydrogen (secondary N) is 2. The summed E-state index contributed by atoms with van der Waals surface area (Å²) in [5, 5.41) is 5.87. The van der Waals surface area contributed by atoms with Crippen LogP contribution in [0, 0.1) is 11.6 Å². The lowest BCUT2D eigenvalue weighted by Gasteiger charge is -2.26. The second kappa shape index (κ2) is 7.45.